The van der Waals surface area contributed by atoms with E-state index in [1.165, 1.54) is 6.07 Å². The summed E-state index contributed by atoms with van der Waals surface area (Å²) in [5.74, 6) is 1.49. The first kappa shape index (κ1) is 22.9. The van der Waals surface area contributed by atoms with Crippen LogP contribution in [0.15, 0.2) is 42.5 Å². The summed E-state index contributed by atoms with van der Waals surface area (Å²) in [5.41, 5.74) is 1.62. The van der Waals surface area contributed by atoms with E-state index >= 15 is 0 Å². The van der Waals surface area contributed by atoms with Crippen LogP contribution in [0.2, 0.25) is 0 Å². The first-order chi connectivity index (χ1) is 16.0. The summed E-state index contributed by atoms with van der Waals surface area (Å²) in [5, 5.41) is 0. The molecule has 1 saturated carbocycles. The lowest BCUT2D eigenvalue weighted by Gasteiger charge is -2.22. The molecule has 1 heterocycles. The Labute approximate surface area is 191 Å². The minimum atomic E-state index is -2.94. The van der Waals surface area contributed by atoms with Gasteiger partial charge in [-0.2, -0.15) is 8.78 Å². The van der Waals surface area contributed by atoms with E-state index in [-0.39, 0.29) is 23.4 Å². The molecule has 4 rings (SSSR count). The molecule has 0 atom stereocenters. The Morgan fingerprint density at radius 1 is 1.12 bits per heavy atom. The Morgan fingerprint density at radius 2 is 1.91 bits per heavy atom. The van der Waals surface area contributed by atoms with E-state index in [9.17, 15) is 13.6 Å². The number of nitrogens with zero attached hydrogens (tertiary/aromatic N) is 1. The molecule has 1 aliphatic carbocycles. The smallest absolute Gasteiger partial charge is 0.387 e. The number of carbonyl (C=O) groups is 1. The molecule has 2 aromatic carbocycles. The summed E-state index contributed by atoms with van der Waals surface area (Å²) in [6, 6.07) is 10.5. The number of fused-ring (bicyclic) bond motifs is 1. The zero-order chi connectivity index (χ0) is 23.2. The molecule has 33 heavy (non-hydrogen) atoms. The largest absolute Gasteiger partial charge is 0.490 e. The summed E-state index contributed by atoms with van der Waals surface area (Å²) >= 11 is 0. The summed E-state index contributed by atoms with van der Waals surface area (Å²) in [4.78, 5) is 14.8. The van der Waals surface area contributed by atoms with E-state index in [4.69, 9.17) is 14.2 Å². The van der Waals surface area contributed by atoms with Crippen LogP contribution < -0.4 is 18.9 Å². The van der Waals surface area contributed by atoms with E-state index < -0.39 is 6.61 Å². The fourth-order valence-corrected chi connectivity index (χ4v) is 3.63. The van der Waals surface area contributed by atoms with Gasteiger partial charge in [0.25, 0.3) is 0 Å². The van der Waals surface area contributed by atoms with Crippen molar-refractivity contribution in [3.8, 4) is 23.0 Å². The fourth-order valence-electron chi connectivity index (χ4n) is 3.63. The number of halogens is 2. The van der Waals surface area contributed by atoms with Crippen molar-refractivity contribution in [1.82, 2.24) is 4.90 Å². The third-order valence-corrected chi connectivity index (χ3v) is 5.34. The highest BCUT2D eigenvalue weighted by molar-refractivity contribution is 5.92. The standard InChI is InChI=1S/C25H27F2NO5/c1-2-30-23-15-18(5-10-21(23)33-25(26)27)16-28(19-7-8-19)24(29)11-6-17-4-9-20-22(14-17)32-13-3-12-31-20/h4-6,9-11,14-15,19,25H,2-3,7-8,12-13,16H2,1H3/b11-6+. The molecule has 0 bridgehead atoms. The van der Waals surface area contributed by atoms with Gasteiger partial charge in [0.05, 0.1) is 19.8 Å². The van der Waals surface area contributed by atoms with Crippen LogP contribution in [0.1, 0.15) is 37.3 Å². The lowest BCUT2D eigenvalue weighted by atomic mass is 10.1. The van der Waals surface area contributed by atoms with E-state index in [0.717, 1.165) is 30.4 Å². The number of hydrogen-bond acceptors (Lipinski definition) is 5. The molecule has 0 unspecified atom stereocenters. The molecular formula is C25H27F2NO5. The van der Waals surface area contributed by atoms with Crippen LogP contribution in [-0.4, -0.2) is 43.3 Å². The molecule has 176 valence electrons. The van der Waals surface area contributed by atoms with Crippen molar-refractivity contribution in [3.63, 3.8) is 0 Å². The number of ether oxygens (including phenoxy) is 4. The van der Waals surface area contributed by atoms with Gasteiger partial charge in [0.15, 0.2) is 23.0 Å². The molecule has 2 aromatic rings. The number of hydrogen-bond donors (Lipinski definition) is 0. The average molecular weight is 459 g/mol. The predicted octanol–water partition coefficient (Wildman–Crippen LogP) is 5.05. The van der Waals surface area contributed by atoms with Gasteiger partial charge >= 0.3 is 6.61 Å². The fraction of sp³-hybridized carbons (Fsp3) is 0.400. The Bertz CT molecular complexity index is 1010. The van der Waals surface area contributed by atoms with Crippen molar-refractivity contribution in [3.05, 3.63) is 53.6 Å². The number of rotatable bonds is 9. The summed E-state index contributed by atoms with van der Waals surface area (Å²) in [6.45, 7) is 0.714. The molecule has 1 amide bonds. The maximum absolute atomic E-state index is 13.0. The molecule has 0 saturated heterocycles. The highest BCUT2D eigenvalue weighted by Gasteiger charge is 2.31. The van der Waals surface area contributed by atoms with E-state index in [0.29, 0.717) is 37.9 Å². The lowest BCUT2D eigenvalue weighted by Crippen LogP contribution is -2.31. The molecule has 1 fully saturated rings. The van der Waals surface area contributed by atoms with Crippen LogP contribution in [0.25, 0.3) is 6.08 Å². The molecule has 6 nitrogen and oxygen atoms in total. The average Bonchev–Trinajstić information content (AvgIpc) is 3.64. The van der Waals surface area contributed by atoms with Crippen molar-refractivity contribution >= 4 is 12.0 Å². The van der Waals surface area contributed by atoms with Crippen LogP contribution in [0.5, 0.6) is 23.0 Å². The maximum Gasteiger partial charge on any atom is 0.387 e. The minimum absolute atomic E-state index is 0.0193. The molecule has 0 spiro atoms. The van der Waals surface area contributed by atoms with Crippen LogP contribution >= 0.6 is 0 Å². The van der Waals surface area contributed by atoms with Gasteiger partial charge in [-0.3, -0.25) is 4.79 Å². The van der Waals surface area contributed by atoms with Crippen molar-refractivity contribution in [2.24, 2.45) is 0 Å². The zero-order valence-electron chi connectivity index (χ0n) is 18.5. The van der Waals surface area contributed by atoms with Gasteiger partial charge in [0.1, 0.15) is 0 Å². The van der Waals surface area contributed by atoms with Crippen LogP contribution in [0, 0.1) is 0 Å². The molecule has 2 aliphatic rings. The Morgan fingerprint density at radius 3 is 2.64 bits per heavy atom. The van der Waals surface area contributed by atoms with Gasteiger partial charge in [-0.15, -0.1) is 0 Å². The number of carbonyl (C=O) groups excluding carboxylic acids is 1. The Hall–Kier alpha value is -3.29. The Balaban J connectivity index is 1.47. The highest BCUT2D eigenvalue weighted by atomic mass is 19.3. The monoisotopic (exact) mass is 459 g/mol. The second-order valence-electron chi connectivity index (χ2n) is 7.88. The highest BCUT2D eigenvalue weighted by Crippen LogP contribution is 2.34. The van der Waals surface area contributed by atoms with Crippen molar-refractivity contribution in [2.45, 2.75) is 45.4 Å². The SMILES string of the molecule is CCOc1cc(CN(C(=O)/C=C/c2ccc3c(c2)OCCCO3)C2CC2)ccc1OC(F)F. The van der Waals surface area contributed by atoms with E-state index in [1.54, 1.807) is 36.1 Å². The second-order valence-corrected chi connectivity index (χ2v) is 7.88. The zero-order valence-corrected chi connectivity index (χ0v) is 18.5. The van der Waals surface area contributed by atoms with Crippen LogP contribution in [-0.2, 0) is 11.3 Å². The molecule has 8 heteroatoms. The third kappa shape index (κ3) is 6.15. The minimum Gasteiger partial charge on any atom is -0.490 e. The summed E-state index contributed by atoms with van der Waals surface area (Å²) in [7, 11) is 0. The van der Waals surface area contributed by atoms with Crippen molar-refractivity contribution < 1.29 is 32.5 Å². The maximum atomic E-state index is 13.0. The Kier molecular flexibility index (Phi) is 7.32. The van der Waals surface area contributed by atoms with Gasteiger partial charge in [-0.25, -0.2) is 0 Å². The van der Waals surface area contributed by atoms with E-state index in [2.05, 4.69) is 4.74 Å². The second kappa shape index (κ2) is 10.6. The van der Waals surface area contributed by atoms with Gasteiger partial charge in [0, 0.05) is 25.1 Å². The predicted molar refractivity (Wildman–Crippen MR) is 119 cm³/mol. The van der Waals surface area contributed by atoms with Gasteiger partial charge in [0.2, 0.25) is 5.91 Å². The molecular weight excluding hydrogens is 432 g/mol. The molecule has 1 aliphatic heterocycles. The van der Waals surface area contributed by atoms with Crippen LogP contribution in [0.4, 0.5) is 8.78 Å². The molecule has 0 N–H and O–H groups in total. The van der Waals surface area contributed by atoms with Gasteiger partial charge in [-0.05, 0) is 61.2 Å². The van der Waals surface area contributed by atoms with E-state index in [1.807, 2.05) is 18.2 Å². The molecule has 0 radical (unpaired) electrons. The molecule has 0 aromatic heterocycles. The quantitative estimate of drug-likeness (QED) is 0.491. The van der Waals surface area contributed by atoms with Gasteiger partial charge < -0.3 is 23.8 Å². The normalized spacial score (nSPS) is 15.4. The number of benzene rings is 2. The van der Waals surface area contributed by atoms with Gasteiger partial charge in [-0.1, -0.05) is 12.1 Å². The third-order valence-electron chi connectivity index (χ3n) is 5.34. The number of alkyl halides is 2. The van der Waals surface area contributed by atoms with Crippen molar-refractivity contribution in [1.29, 1.82) is 0 Å². The first-order valence-electron chi connectivity index (χ1n) is 11.1. The topological polar surface area (TPSA) is 57.2 Å². The summed E-state index contributed by atoms with van der Waals surface area (Å²) in [6.07, 6.45) is 6.02. The van der Waals surface area contributed by atoms with Crippen LogP contribution in [0.3, 0.4) is 0 Å². The summed E-state index contributed by atoms with van der Waals surface area (Å²) < 4.78 is 46.7. The van der Waals surface area contributed by atoms with Crippen molar-refractivity contribution in [2.75, 3.05) is 19.8 Å². The number of amides is 1. The lowest BCUT2D eigenvalue weighted by molar-refractivity contribution is -0.127. The first-order valence-corrected chi connectivity index (χ1v) is 11.1.